The smallest absolute Gasteiger partial charge is 0.0558 e. The van der Waals surface area contributed by atoms with Crippen LogP contribution in [0.4, 0.5) is 0 Å². The topological polar surface area (TPSA) is 0 Å². The molecular weight excluding hydrogens is 272 g/mol. The Hall–Kier alpha value is 0.434. The van der Waals surface area contributed by atoms with E-state index in [4.69, 9.17) is 0 Å². The van der Waals surface area contributed by atoms with Crippen LogP contribution < -0.4 is 0 Å². The Bertz CT molecular complexity index is 222. The summed E-state index contributed by atoms with van der Waals surface area (Å²) in [6.45, 7) is 15.2. The van der Waals surface area contributed by atoms with Crippen LogP contribution in [0.1, 0.15) is 67.2 Å². The molecule has 0 aromatic carbocycles. The van der Waals surface area contributed by atoms with E-state index in [0.29, 0.717) is 0 Å². The van der Waals surface area contributed by atoms with Crippen molar-refractivity contribution in [2.45, 2.75) is 115 Å². The van der Waals surface area contributed by atoms with Crippen molar-refractivity contribution in [2.75, 3.05) is 0 Å². The lowest BCUT2D eigenvalue weighted by Gasteiger charge is -2.51. The highest BCUT2D eigenvalue weighted by Crippen LogP contribution is 2.56. The SMILES string of the molecule is CC[Si](CC)(CC)[C@@H]1CCCC[C@H]1[Si](CC)(CC)CC. The van der Waals surface area contributed by atoms with E-state index in [9.17, 15) is 0 Å². The van der Waals surface area contributed by atoms with Gasteiger partial charge in [-0.05, 0) is 11.1 Å². The predicted molar refractivity (Wildman–Crippen MR) is 100 cm³/mol. The third kappa shape index (κ3) is 3.26. The second kappa shape index (κ2) is 8.17. The molecule has 0 unspecified atom stereocenters. The highest BCUT2D eigenvalue weighted by atomic mass is 28.3. The average Bonchev–Trinajstić information content (AvgIpc) is 2.53. The van der Waals surface area contributed by atoms with Crippen LogP contribution in [0.2, 0.25) is 47.3 Å². The van der Waals surface area contributed by atoms with Gasteiger partial charge in [-0.25, -0.2) is 0 Å². The molecule has 0 radical (unpaired) electrons. The maximum atomic E-state index is 2.53. The van der Waals surface area contributed by atoms with Gasteiger partial charge in [0.05, 0.1) is 16.1 Å². The van der Waals surface area contributed by atoms with Crippen molar-refractivity contribution >= 4 is 16.1 Å². The molecule has 0 bridgehead atoms. The van der Waals surface area contributed by atoms with Gasteiger partial charge in [0.25, 0.3) is 0 Å². The van der Waals surface area contributed by atoms with Crippen molar-refractivity contribution in [1.82, 2.24) is 0 Å². The van der Waals surface area contributed by atoms with Gasteiger partial charge in [-0.3, -0.25) is 0 Å². The molecule has 1 rings (SSSR count). The van der Waals surface area contributed by atoms with E-state index in [1.807, 2.05) is 0 Å². The van der Waals surface area contributed by atoms with Gasteiger partial charge in [0, 0.05) is 0 Å². The normalized spacial score (nSPS) is 24.9. The molecule has 0 aliphatic heterocycles. The van der Waals surface area contributed by atoms with E-state index in [2.05, 4.69) is 41.5 Å². The van der Waals surface area contributed by atoms with Gasteiger partial charge < -0.3 is 0 Å². The van der Waals surface area contributed by atoms with Crippen molar-refractivity contribution in [2.24, 2.45) is 0 Å². The largest absolute Gasteiger partial charge is 0.0678 e. The lowest BCUT2D eigenvalue weighted by atomic mass is 9.99. The fourth-order valence-corrected chi connectivity index (χ4v) is 17.6. The Morgan fingerprint density at radius 2 is 0.800 bits per heavy atom. The molecule has 0 aromatic heterocycles. The summed E-state index contributed by atoms with van der Waals surface area (Å²) >= 11 is 0. The first-order valence-corrected chi connectivity index (χ1v) is 15.0. The second-order valence-electron chi connectivity index (χ2n) is 7.34. The molecule has 120 valence electrons. The predicted octanol–water partition coefficient (Wildman–Crippen LogP) is 7.32. The van der Waals surface area contributed by atoms with Crippen LogP contribution in [-0.2, 0) is 0 Å². The Labute approximate surface area is 131 Å². The van der Waals surface area contributed by atoms with Crippen LogP contribution in [0, 0.1) is 0 Å². The van der Waals surface area contributed by atoms with Crippen LogP contribution in [0.3, 0.4) is 0 Å². The number of rotatable bonds is 8. The van der Waals surface area contributed by atoms with Crippen LogP contribution in [-0.4, -0.2) is 16.1 Å². The summed E-state index contributed by atoms with van der Waals surface area (Å²) in [5.74, 6) is 0. The average molecular weight is 313 g/mol. The molecule has 0 heterocycles. The lowest BCUT2D eigenvalue weighted by molar-refractivity contribution is 0.472. The third-order valence-electron chi connectivity index (χ3n) is 7.56. The molecule has 20 heavy (non-hydrogen) atoms. The van der Waals surface area contributed by atoms with Crippen molar-refractivity contribution in [3.63, 3.8) is 0 Å². The van der Waals surface area contributed by atoms with Gasteiger partial charge in [-0.1, -0.05) is 103 Å². The van der Waals surface area contributed by atoms with E-state index in [1.165, 1.54) is 23.9 Å². The molecular formula is C18H40Si2. The lowest BCUT2D eigenvalue weighted by Crippen LogP contribution is -2.49. The van der Waals surface area contributed by atoms with Gasteiger partial charge in [-0.15, -0.1) is 0 Å². The van der Waals surface area contributed by atoms with Crippen LogP contribution in [0.25, 0.3) is 0 Å². The fourth-order valence-electron chi connectivity index (χ4n) is 5.67. The highest BCUT2D eigenvalue weighted by Gasteiger charge is 2.49. The Morgan fingerprint density at radius 1 is 0.550 bits per heavy atom. The molecule has 2 heteroatoms. The minimum Gasteiger partial charge on any atom is -0.0678 e. The fraction of sp³-hybridized carbons (Fsp3) is 1.00. The Balaban J connectivity index is 3.13. The first-order chi connectivity index (χ1) is 9.59. The van der Waals surface area contributed by atoms with Crippen molar-refractivity contribution in [3.05, 3.63) is 0 Å². The minimum atomic E-state index is -1.00. The number of hydrogen-bond acceptors (Lipinski definition) is 0. The molecule has 1 fully saturated rings. The highest BCUT2D eigenvalue weighted by molar-refractivity contribution is 6.86. The number of hydrogen-bond donors (Lipinski definition) is 0. The molecule has 1 aliphatic rings. The molecule has 0 aromatic rings. The summed E-state index contributed by atoms with van der Waals surface area (Å²) in [5, 5.41) is 0. The Morgan fingerprint density at radius 3 is 1.00 bits per heavy atom. The molecule has 0 spiro atoms. The van der Waals surface area contributed by atoms with E-state index in [1.54, 1.807) is 49.1 Å². The van der Waals surface area contributed by atoms with Crippen LogP contribution in [0.15, 0.2) is 0 Å². The first-order valence-electron chi connectivity index (χ1n) is 9.59. The van der Waals surface area contributed by atoms with E-state index in [-0.39, 0.29) is 0 Å². The van der Waals surface area contributed by atoms with Crippen LogP contribution in [0.5, 0.6) is 0 Å². The molecule has 0 nitrogen and oxygen atoms in total. The standard InChI is InChI=1S/C18H40Si2/c1-7-19(8-2,9-3)17-15-13-14-16-18(17)20(10-4,11-5)12-6/h17-18H,7-16H2,1-6H3/t17-,18-/m1/s1. The Kier molecular flexibility index (Phi) is 7.55. The summed E-state index contributed by atoms with van der Waals surface area (Å²) in [7, 11) is -2.01. The summed E-state index contributed by atoms with van der Waals surface area (Å²) in [5.41, 5.74) is 2.37. The molecule has 2 atom stereocenters. The van der Waals surface area contributed by atoms with Gasteiger partial charge >= 0.3 is 0 Å². The van der Waals surface area contributed by atoms with Crippen molar-refractivity contribution < 1.29 is 0 Å². The summed E-state index contributed by atoms with van der Waals surface area (Å²) < 4.78 is 0. The van der Waals surface area contributed by atoms with Crippen LogP contribution >= 0.6 is 0 Å². The molecule has 0 saturated heterocycles. The summed E-state index contributed by atoms with van der Waals surface area (Å²) in [4.78, 5) is 0. The van der Waals surface area contributed by atoms with Gasteiger partial charge in [0.2, 0.25) is 0 Å². The van der Waals surface area contributed by atoms with Gasteiger partial charge in [0.15, 0.2) is 0 Å². The molecule has 1 aliphatic carbocycles. The molecule has 0 amide bonds. The van der Waals surface area contributed by atoms with E-state index >= 15 is 0 Å². The van der Waals surface area contributed by atoms with Crippen molar-refractivity contribution in [1.29, 1.82) is 0 Å². The minimum absolute atomic E-state index is 1.00. The van der Waals surface area contributed by atoms with E-state index in [0.717, 1.165) is 0 Å². The second-order valence-corrected chi connectivity index (χ2v) is 18.5. The zero-order valence-electron chi connectivity index (χ0n) is 15.2. The van der Waals surface area contributed by atoms with Gasteiger partial charge in [-0.2, -0.15) is 0 Å². The first kappa shape index (κ1) is 18.5. The zero-order valence-corrected chi connectivity index (χ0v) is 17.2. The van der Waals surface area contributed by atoms with E-state index < -0.39 is 16.1 Å². The van der Waals surface area contributed by atoms with Crippen molar-refractivity contribution in [3.8, 4) is 0 Å². The maximum absolute atomic E-state index is 2.53. The summed E-state index contributed by atoms with van der Waals surface area (Å²) in [6.07, 6.45) is 6.28. The maximum Gasteiger partial charge on any atom is 0.0558 e. The van der Waals surface area contributed by atoms with Gasteiger partial charge in [0.1, 0.15) is 0 Å². The quantitative estimate of drug-likeness (QED) is 0.412. The molecule has 1 saturated carbocycles. The zero-order chi connectivity index (χ0) is 15.2. The molecule has 0 N–H and O–H groups in total. The summed E-state index contributed by atoms with van der Waals surface area (Å²) in [6, 6.07) is 9.27. The monoisotopic (exact) mass is 312 g/mol. The third-order valence-corrected chi connectivity index (χ3v) is 20.9.